The topological polar surface area (TPSA) is 56.2 Å². The molecule has 1 aromatic rings. The molecule has 1 fully saturated rings. The summed E-state index contributed by atoms with van der Waals surface area (Å²) in [6, 6.07) is 0.187. The predicted molar refractivity (Wildman–Crippen MR) is 73.4 cm³/mol. The van der Waals surface area contributed by atoms with Gasteiger partial charge in [-0.25, -0.2) is 4.98 Å². The summed E-state index contributed by atoms with van der Waals surface area (Å²) in [5.74, 6) is -0.0658. The fraction of sp³-hybridized carbons (Fsp3) is 0.571. The van der Waals surface area contributed by atoms with Gasteiger partial charge in [-0.3, -0.25) is 4.79 Å². The van der Waals surface area contributed by atoms with Gasteiger partial charge < -0.3 is 14.6 Å². The van der Waals surface area contributed by atoms with Gasteiger partial charge in [0.2, 0.25) is 5.91 Å². The van der Waals surface area contributed by atoms with Crippen molar-refractivity contribution < 1.29 is 9.53 Å². The number of nitrogens with zero attached hydrogens (tertiary/aromatic N) is 2. The molecule has 5 heteroatoms. The van der Waals surface area contributed by atoms with Crippen molar-refractivity contribution in [3.63, 3.8) is 0 Å². The zero-order chi connectivity index (χ0) is 13.9. The Morgan fingerprint density at radius 3 is 3.05 bits per heavy atom. The van der Waals surface area contributed by atoms with E-state index in [-0.39, 0.29) is 17.6 Å². The fourth-order valence-corrected chi connectivity index (χ4v) is 2.29. The summed E-state index contributed by atoms with van der Waals surface area (Å²) in [5, 5.41) is 3.02. The summed E-state index contributed by atoms with van der Waals surface area (Å²) in [7, 11) is 1.89. The van der Waals surface area contributed by atoms with Crippen LogP contribution in [-0.2, 0) is 16.6 Å². The highest BCUT2D eigenvalue weighted by Gasteiger charge is 2.29. The van der Waals surface area contributed by atoms with Crippen LogP contribution in [0.25, 0.3) is 6.08 Å². The van der Waals surface area contributed by atoms with Gasteiger partial charge in [0.05, 0.1) is 23.8 Å². The third-order valence-electron chi connectivity index (χ3n) is 3.30. The van der Waals surface area contributed by atoms with Gasteiger partial charge in [0.25, 0.3) is 0 Å². The van der Waals surface area contributed by atoms with Crippen molar-refractivity contribution in [2.45, 2.75) is 38.3 Å². The van der Waals surface area contributed by atoms with Crippen molar-refractivity contribution in [3.05, 3.63) is 24.3 Å². The van der Waals surface area contributed by atoms with E-state index in [2.05, 4.69) is 24.1 Å². The van der Waals surface area contributed by atoms with Gasteiger partial charge in [-0.2, -0.15) is 0 Å². The van der Waals surface area contributed by atoms with Gasteiger partial charge in [0.15, 0.2) is 0 Å². The Labute approximate surface area is 113 Å². The molecule has 2 heterocycles. The second-order valence-electron chi connectivity index (χ2n) is 5.57. The lowest BCUT2D eigenvalue weighted by molar-refractivity contribution is -0.119. The van der Waals surface area contributed by atoms with Crippen molar-refractivity contribution >= 4 is 12.0 Å². The van der Waals surface area contributed by atoms with Crippen LogP contribution in [0, 0.1) is 0 Å². The normalized spacial score (nSPS) is 22.6. The molecular formula is C14H21N3O2. The minimum absolute atomic E-state index is 0.0658. The number of aromatic nitrogens is 2. The molecule has 1 aromatic heterocycles. The number of ether oxygens (including phenoxy) is 1. The van der Waals surface area contributed by atoms with Crippen LogP contribution < -0.4 is 5.32 Å². The number of aryl methyl sites for hydroxylation is 1. The number of hydrogen-bond donors (Lipinski definition) is 1. The van der Waals surface area contributed by atoms with E-state index in [9.17, 15) is 4.79 Å². The number of nitrogens with one attached hydrogen (secondary N) is 1. The summed E-state index contributed by atoms with van der Waals surface area (Å²) in [6.07, 6.45) is 8.47. The highest BCUT2D eigenvalue weighted by atomic mass is 16.5. The summed E-state index contributed by atoms with van der Waals surface area (Å²) < 4.78 is 7.49. The standard InChI is InChI=1S/C14H21N3O2/c1-14(2)8-11(6-7-19-14)16-13(18)5-4-12-9-15-10-17(12)3/h4-5,9-11H,6-8H2,1-3H3,(H,16,18)/b5-4+. The van der Waals surface area contributed by atoms with Crippen LogP contribution in [-0.4, -0.2) is 33.7 Å². The molecular weight excluding hydrogens is 242 g/mol. The van der Waals surface area contributed by atoms with Gasteiger partial charge in [-0.05, 0) is 32.8 Å². The quantitative estimate of drug-likeness (QED) is 0.841. The first kappa shape index (κ1) is 13.8. The van der Waals surface area contributed by atoms with Crippen LogP contribution in [0.4, 0.5) is 0 Å². The molecule has 1 saturated heterocycles. The molecule has 0 aromatic carbocycles. The molecule has 2 rings (SSSR count). The third-order valence-corrected chi connectivity index (χ3v) is 3.30. The predicted octanol–water partition coefficient (Wildman–Crippen LogP) is 1.51. The van der Waals surface area contributed by atoms with E-state index >= 15 is 0 Å². The maximum Gasteiger partial charge on any atom is 0.244 e. The van der Waals surface area contributed by atoms with Gasteiger partial charge in [0, 0.05) is 25.8 Å². The SMILES string of the molecule is Cn1cncc1/C=C/C(=O)NC1CCOC(C)(C)C1. The first-order valence-corrected chi connectivity index (χ1v) is 6.55. The molecule has 0 bridgehead atoms. The average molecular weight is 263 g/mol. The van der Waals surface area contributed by atoms with Crippen LogP contribution in [0.5, 0.6) is 0 Å². The van der Waals surface area contributed by atoms with Crippen molar-refractivity contribution in [1.82, 2.24) is 14.9 Å². The maximum absolute atomic E-state index is 11.9. The molecule has 1 amide bonds. The monoisotopic (exact) mass is 263 g/mol. The van der Waals surface area contributed by atoms with Crippen molar-refractivity contribution in [2.75, 3.05) is 6.61 Å². The first-order valence-electron chi connectivity index (χ1n) is 6.55. The molecule has 0 saturated carbocycles. The van der Waals surface area contributed by atoms with Crippen molar-refractivity contribution in [1.29, 1.82) is 0 Å². The Morgan fingerprint density at radius 1 is 1.63 bits per heavy atom. The van der Waals surface area contributed by atoms with Gasteiger partial charge >= 0.3 is 0 Å². The Bertz CT molecular complexity index is 477. The smallest absolute Gasteiger partial charge is 0.244 e. The molecule has 1 aliphatic rings. The highest BCUT2D eigenvalue weighted by Crippen LogP contribution is 2.23. The number of carbonyl (C=O) groups is 1. The van der Waals surface area contributed by atoms with Crippen molar-refractivity contribution in [2.24, 2.45) is 7.05 Å². The zero-order valence-electron chi connectivity index (χ0n) is 11.7. The lowest BCUT2D eigenvalue weighted by atomic mass is 9.94. The molecule has 1 unspecified atom stereocenters. The van der Waals surface area contributed by atoms with Crippen LogP contribution in [0.2, 0.25) is 0 Å². The molecule has 1 atom stereocenters. The van der Waals surface area contributed by atoms with Gasteiger partial charge in [-0.15, -0.1) is 0 Å². The van der Waals surface area contributed by atoms with Crippen LogP contribution >= 0.6 is 0 Å². The molecule has 104 valence electrons. The lowest BCUT2D eigenvalue weighted by Gasteiger charge is -2.35. The Kier molecular flexibility index (Phi) is 4.04. The van der Waals surface area contributed by atoms with E-state index in [0.717, 1.165) is 18.5 Å². The first-order chi connectivity index (χ1) is 8.96. The lowest BCUT2D eigenvalue weighted by Crippen LogP contribution is -2.45. The van der Waals surface area contributed by atoms with Gasteiger partial charge in [-0.1, -0.05) is 0 Å². The van der Waals surface area contributed by atoms with E-state index in [4.69, 9.17) is 4.74 Å². The molecule has 1 aliphatic heterocycles. The number of amides is 1. The second kappa shape index (κ2) is 5.57. The minimum Gasteiger partial charge on any atom is -0.375 e. The summed E-state index contributed by atoms with van der Waals surface area (Å²) in [4.78, 5) is 15.9. The summed E-state index contributed by atoms with van der Waals surface area (Å²) in [5.41, 5.74) is 0.754. The Hall–Kier alpha value is -1.62. The largest absolute Gasteiger partial charge is 0.375 e. The van der Waals surface area contributed by atoms with E-state index in [1.165, 1.54) is 0 Å². The molecule has 5 nitrogen and oxygen atoms in total. The third kappa shape index (κ3) is 3.92. The summed E-state index contributed by atoms with van der Waals surface area (Å²) in [6.45, 7) is 4.80. The van der Waals surface area contributed by atoms with E-state index in [0.29, 0.717) is 6.61 Å². The minimum atomic E-state index is -0.151. The Balaban J connectivity index is 1.88. The summed E-state index contributed by atoms with van der Waals surface area (Å²) >= 11 is 0. The molecule has 0 spiro atoms. The van der Waals surface area contributed by atoms with E-state index in [1.54, 1.807) is 24.7 Å². The fourth-order valence-electron chi connectivity index (χ4n) is 2.29. The van der Waals surface area contributed by atoms with E-state index < -0.39 is 0 Å². The number of carbonyl (C=O) groups excluding carboxylic acids is 1. The second-order valence-corrected chi connectivity index (χ2v) is 5.57. The number of imidazole rings is 1. The molecule has 0 radical (unpaired) electrons. The molecule has 1 N–H and O–H groups in total. The van der Waals surface area contributed by atoms with Crippen LogP contribution in [0.3, 0.4) is 0 Å². The van der Waals surface area contributed by atoms with E-state index in [1.807, 2.05) is 11.6 Å². The van der Waals surface area contributed by atoms with Crippen LogP contribution in [0.1, 0.15) is 32.4 Å². The van der Waals surface area contributed by atoms with Crippen LogP contribution in [0.15, 0.2) is 18.6 Å². The Morgan fingerprint density at radius 2 is 2.42 bits per heavy atom. The van der Waals surface area contributed by atoms with Crippen molar-refractivity contribution in [3.8, 4) is 0 Å². The zero-order valence-corrected chi connectivity index (χ0v) is 11.7. The maximum atomic E-state index is 11.9. The highest BCUT2D eigenvalue weighted by molar-refractivity contribution is 5.91. The number of rotatable bonds is 3. The molecule has 19 heavy (non-hydrogen) atoms. The average Bonchev–Trinajstić information content (AvgIpc) is 2.71. The number of hydrogen-bond acceptors (Lipinski definition) is 3. The molecule has 0 aliphatic carbocycles. The van der Waals surface area contributed by atoms with Gasteiger partial charge in [0.1, 0.15) is 0 Å².